The van der Waals surface area contributed by atoms with E-state index in [0.29, 0.717) is 6.54 Å². The molecule has 1 aromatic carbocycles. The molecule has 0 heterocycles. The Balaban J connectivity index is 2.12. The van der Waals surface area contributed by atoms with Crippen molar-refractivity contribution in [2.45, 2.75) is 32.6 Å². The smallest absolute Gasteiger partial charge is 0.150 e. The van der Waals surface area contributed by atoms with Gasteiger partial charge >= 0.3 is 0 Å². The number of nitriles is 1. The first kappa shape index (κ1) is 12.8. The van der Waals surface area contributed by atoms with Crippen molar-refractivity contribution in [3.8, 4) is 6.07 Å². The van der Waals surface area contributed by atoms with Crippen LogP contribution in [0.3, 0.4) is 0 Å². The molecule has 0 radical (unpaired) electrons. The Hall–Kier alpha value is -1.63. The van der Waals surface area contributed by atoms with E-state index in [1.54, 1.807) is 6.07 Å². The van der Waals surface area contributed by atoms with Gasteiger partial charge in [0.05, 0.1) is 11.6 Å². The van der Waals surface area contributed by atoms with Crippen LogP contribution in [0.2, 0.25) is 0 Å². The molecule has 1 saturated carbocycles. The van der Waals surface area contributed by atoms with Crippen LogP contribution in [0.25, 0.3) is 0 Å². The number of benzene rings is 1. The van der Waals surface area contributed by atoms with E-state index in [-0.39, 0.29) is 16.7 Å². The second kappa shape index (κ2) is 4.93. The van der Waals surface area contributed by atoms with Crippen LogP contribution < -0.4 is 5.32 Å². The Morgan fingerprint density at radius 1 is 1.33 bits per heavy atom. The zero-order chi connectivity index (χ0) is 13.2. The van der Waals surface area contributed by atoms with Crippen LogP contribution >= 0.6 is 0 Å². The van der Waals surface area contributed by atoms with E-state index in [1.165, 1.54) is 6.42 Å². The average Bonchev–Trinajstić information content (AvgIpc) is 2.30. The molecule has 4 heteroatoms. The molecule has 0 spiro atoms. The molecule has 1 aromatic rings. The highest BCUT2D eigenvalue weighted by atomic mass is 19.1. The molecule has 0 aliphatic heterocycles. The highest BCUT2D eigenvalue weighted by Crippen LogP contribution is 2.43. The molecule has 0 aromatic heterocycles. The maximum absolute atomic E-state index is 13.6. The van der Waals surface area contributed by atoms with Crippen molar-refractivity contribution < 1.29 is 8.78 Å². The molecule has 0 unspecified atom stereocenters. The number of rotatable bonds is 4. The summed E-state index contributed by atoms with van der Waals surface area (Å²) in [5.74, 6) is -1.39. The van der Waals surface area contributed by atoms with Gasteiger partial charge in [0.1, 0.15) is 5.69 Å². The summed E-state index contributed by atoms with van der Waals surface area (Å²) in [6.07, 6.45) is 4.42. The molecular weight excluding hydrogens is 234 g/mol. The second-order valence-electron chi connectivity index (χ2n) is 4.99. The summed E-state index contributed by atoms with van der Waals surface area (Å²) in [6, 6.07) is 3.85. The van der Waals surface area contributed by atoms with Gasteiger partial charge < -0.3 is 5.32 Å². The highest BCUT2D eigenvalue weighted by Gasteiger charge is 2.35. The minimum atomic E-state index is -0.697. The first-order valence-electron chi connectivity index (χ1n) is 6.23. The third-order valence-corrected chi connectivity index (χ3v) is 3.98. The number of halogens is 2. The van der Waals surface area contributed by atoms with Gasteiger partial charge in [-0.15, -0.1) is 0 Å². The molecule has 18 heavy (non-hydrogen) atoms. The molecule has 1 N–H and O–H groups in total. The maximum atomic E-state index is 13.6. The van der Waals surface area contributed by atoms with Crippen LogP contribution in [0.15, 0.2) is 12.1 Å². The van der Waals surface area contributed by atoms with Gasteiger partial charge in [0.15, 0.2) is 11.6 Å². The van der Waals surface area contributed by atoms with Gasteiger partial charge in [-0.3, -0.25) is 0 Å². The van der Waals surface area contributed by atoms with E-state index in [2.05, 4.69) is 12.2 Å². The van der Waals surface area contributed by atoms with E-state index in [9.17, 15) is 8.78 Å². The first-order chi connectivity index (χ1) is 8.60. The predicted octanol–water partition coefficient (Wildman–Crippen LogP) is 3.83. The van der Waals surface area contributed by atoms with Crippen LogP contribution in [-0.4, -0.2) is 6.54 Å². The molecule has 1 aliphatic rings. The van der Waals surface area contributed by atoms with Crippen LogP contribution in [0.1, 0.15) is 38.2 Å². The Labute approximate surface area is 106 Å². The van der Waals surface area contributed by atoms with Crippen molar-refractivity contribution in [2.75, 3.05) is 11.9 Å². The molecule has 1 aliphatic carbocycles. The lowest BCUT2D eigenvalue weighted by Crippen LogP contribution is -2.36. The summed E-state index contributed by atoms with van der Waals surface area (Å²) in [5, 5.41) is 11.5. The summed E-state index contributed by atoms with van der Waals surface area (Å²) in [7, 11) is 0. The van der Waals surface area contributed by atoms with Gasteiger partial charge in [0, 0.05) is 6.54 Å². The molecule has 96 valence electrons. The summed E-state index contributed by atoms with van der Waals surface area (Å²) >= 11 is 0. The summed E-state index contributed by atoms with van der Waals surface area (Å²) < 4.78 is 27.3. The molecule has 2 rings (SSSR count). The number of hydrogen-bond acceptors (Lipinski definition) is 2. The van der Waals surface area contributed by atoms with Gasteiger partial charge in [0.2, 0.25) is 0 Å². The third kappa shape index (κ3) is 2.31. The first-order valence-corrected chi connectivity index (χ1v) is 6.23. The Kier molecular flexibility index (Phi) is 3.51. The van der Waals surface area contributed by atoms with Crippen molar-refractivity contribution >= 4 is 5.69 Å². The predicted molar refractivity (Wildman–Crippen MR) is 66.1 cm³/mol. The number of nitrogens with zero attached hydrogens (tertiary/aromatic N) is 1. The zero-order valence-corrected chi connectivity index (χ0v) is 10.4. The summed E-state index contributed by atoms with van der Waals surface area (Å²) in [4.78, 5) is 0. The largest absolute Gasteiger partial charge is 0.380 e. The van der Waals surface area contributed by atoms with Crippen LogP contribution in [0, 0.1) is 28.4 Å². The van der Waals surface area contributed by atoms with E-state index < -0.39 is 11.6 Å². The fraction of sp³-hybridized carbons (Fsp3) is 0.500. The van der Waals surface area contributed by atoms with E-state index in [1.807, 2.05) is 0 Å². The summed E-state index contributed by atoms with van der Waals surface area (Å²) in [5.41, 5.74) is 0.0744. The number of hydrogen-bond donors (Lipinski definition) is 1. The van der Waals surface area contributed by atoms with E-state index >= 15 is 0 Å². The normalized spacial score (nSPS) is 16.8. The van der Waals surface area contributed by atoms with Crippen LogP contribution in [0.5, 0.6) is 0 Å². The molecular formula is C14H16F2N2. The van der Waals surface area contributed by atoms with E-state index in [4.69, 9.17) is 5.26 Å². The maximum Gasteiger partial charge on any atom is 0.150 e. The van der Waals surface area contributed by atoms with Gasteiger partial charge in [-0.1, -0.05) is 13.3 Å². The lowest BCUT2D eigenvalue weighted by atomic mass is 9.67. The monoisotopic (exact) mass is 250 g/mol. The number of nitrogens with one attached hydrogen (secondary N) is 1. The Morgan fingerprint density at radius 2 is 1.94 bits per heavy atom. The fourth-order valence-corrected chi connectivity index (χ4v) is 2.41. The third-order valence-electron chi connectivity index (χ3n) is 3.98. The van der Waals surface area contributed by atoms with Crippen LogP contribution in [-0.2, 0) is 0 Å². The molecule has 2 nitrogen and oxygen atoms in total. The lowest BCUT2D eigenvalue weighted by Gasteiger charge is -2.41. The van der Waals surface area contributed by atoms with Gasteiger partial charge in [0.25, 0.3) is 0 Å². The van der Waals surface area contributed by atoms with Crippen molar-refractivity contribution in [1.82, 2.24) is 0 Å². The minimum Gasteiger partial charge on any atom is -0.380 e. The van der Waals surface area contributed by atoms with Gasteiger partial charge in [-0.2, -0.15) is 5.26 Å². The van der Waals surface area contributed by atoms with Crippen molar-refractivity contribution in [2.24, 2.45) is 5.41 Å². The SMILES string of the molecule is CCC1(CNc2c(F)cc(C#N)cc2F)CCC1. The second-order valence-corrected chi connectivity index (χ2v) is 4.99. The lowest BCUT2D eigenvalue weighted by molar-refractivity contribution is 0.144. The summed E-state index contributed by atoms with van der Waals surface area (Å²) in [6.45, 7) is 2.69. The van der Waals surface area contributed by atoms with Gasteiger partial charge in [-0.05, 0) is 36.8 Å². The minimum absolute atomic E-state index is 0.00407. The average molecular weight is 250 g/mol. The van der Waals surface area contributed by atoms with Crippen molar-refractivity contribution in [1.29, 1.82) is 5.26 Å². The Bertz CT molecular complexity index is 459. The Morgan fingerprint density at radius 3 is 2.33 bits per heavy atom. The quantitative estimate of drug-likeness (QED) is 0.881. The zero-order valence-electron chi connectivity index (χ0n) is 10.4. The number of anilines is 1. The molecule has 0 atom stereocenters. The van der Waals surface area contributed by atoms with Gasteiger partial charge in [-0.25, -0.2) is 8.78 Å². The molecule has 0 saturated heterocycles. The highest BCUT2D eigenvalue weighted by molar-refractivity contribution is 5.50. The molecule has 1 fully saturated rings. The van der Waals surface area contributed by atoms with Crippen molar-refractivity contribution in [3.63, 3.8) is 0 Å². The topological polar surface area (TPSA) is 35.8 Å². The molecule has 0 amide bonds. The standard InChI is InChI=1S/C14H16F2N2/c1-2-14(4-3-5-14)9-18-13-11(15)6-10(8-17)7-12(13)16/h6-7,18H,2-5,9H2,1H3. The van der Waals surface area contributed by atoms with Crippen LogP contribution in [0.4, 0.5) is 14.5 Å². The fourth-order valence-electron chi connectivity index (χ4n) is 2.41. The van der Waals surface area contributed by atoms with Crippen molar-refractivity contribution in [3.05, 3.63) is 29.3 Å². The molecule has 0 bridgehead atoms. The van der Waals surface area contributed by atoms with E-state index in [0.717, 1.165) is 31.4 Å².